The summed E-state index contributed by atoms with van der Waals surface area (Å²) in [5.74, 6) is -0.303. The average molecular weight is 278 g/mol. The molecule has 1 atom stereocenters. The van der Waals surface area contributed by atoms with Crippen LogP contribution in [0.15, 0.2) is 24.3 Å². The second-order valence-electron chi connectivity index (χ2n) is 5.70. The molecule has 1 N–H and O–H groups in total. The van der Waals surface area contributed by atoms with Gasteiger partial charge in [0.25, 0.3) is 0 Å². The SMILES string of the molecule is CC(C)N(CC1CCCN1)C(=O)Cc1ccccc1F. The maximum Gasteiger partial charge on any atom is 0.227 e. The van der Waals surface area contributed by atoms with Crippen LogP contribution in [0.5, 0.6) is 0 Å². The van der Waals surface area contributed by atoms with Crippen LogP contribution in [0.1, 0.15) is 32.3 Å². The van der Waals surface area contributed by atoms with Crippen LogP contribution >= 0.6 is 0 Å². The molecule has 1 aromatic rings. The number of halogens is 1. The number of hydrogen-bond acceptors (Lipinski definition) is 2. The van der Waals surface area contributed by atoms with Crippen molar-refractivity contribution in [3.05, 3.63) is 35.6 Å². The zero-order valence-corrected chi connectivity index (χ0v) is 12.2. The summed E-state index contributed by atoms with van der Waals surface area (Å²) in [7, 11) is 0. The molecule has 2 rings (SSSR count). The van der Waals surface area contributed by atoms with Crippen LogP contribution in [-0.2, 0) is 11.2 Å². The van der Waals surface area contributed by atoms with E-state index in [1.54, 1.807) is 18.2 Å². The Bertz CT molecular complexity index is 456. The van der Waals surface area contributed by atoms with Crippen molar-refractivity contribution < 1.29 is 9.18 Å². The molecule has 0 aromatic heterocycles. The number of carbonyl (C=O) groups excluding carboxylic acids is 1. The van der Waals surface area contributed by atoms with E-state index in [-0.39, 0.29) is 24.2 Å². The maximum atomic E-state index is 13.6. The largest absolute Gasteiger partial charge is 0.338 e. The van der Waals surface area contributed by atoms with Crippen LogP contribution in [0.2, 0.25) is 0 Å². The lowest BCUT2D eigenvalue weighted by Crippen LogP contribution is -2.45. The molecular weight excluding hydrogens is 255 g/mol. The van der Waals surface area contributed by atoms with E-state index < -0.39 is 0 Å². The Hall–Kier alpha value is -1.42. The van der Waals surface area contributed by atoms with Gasteiger partial charge < -0.3 is 10.2 Å². The second-order valence-corrected chi connectivity index (χ2v) is 5.70. The molecular formula is C16H23FN2O. The Morgan fingerprint density at radius 2 is 2.20 bits per heavy atom. The van der Waals surface area contributed by atoms with E-state index in [1.807, 2.05) is 18.7 Å². The number of nitrogens with zero attached hydrogens (tertiary/aromatic N) is 1. The van der Waals surface area contributed by atoms with E-state index in [0.29, 0.717) is 18.2 Å². The Labute approximate surface area is 120 Å². The monoisotopic (exact) mass is 278 g/mol. The van der Waals surface area contributed by atoms with Gasteiger partial charge in [-0.25, -0.2) is 4.39 Å². The fourth-order valence-corrected chi connectivity index (χ4v) is 2.66. The van der Waals surface area contributed by atoms with E-state index in [9.17, 15) is 9.18 Å². The van der Waals surface area contributed by atoms with Crippen molar-refractivity contribution >= 4 is 5.91 Å². The van der Waals surface area contributed by atoms with Crippen molar-refractivity contribution in [3.63, 3.8) is 0 Å². The summed E-state index contributed by atoms with van der Waals surface area (Å²) in [4.78, 5) is 14.3. The number of carbonyl (C=O) groups is 1. The first kappa shape index (κ1) is 15.0. The normalized spacial score (nSPS) is 18.5. The summed E-state index contributed by atoms with van der Waals surface area (Å²) in [5.41, 5.74) is 0.475. The van der Waals surface area contributed by atoms with Crippen molar-refractivity contribution in [2.75, 3.05) is 13.1 Å². The molecule has 3 nitrogen and oxygen atoms in total. The minimum Gasteiger partial charge on any atom is -0.338 e. The molecule has 110 valence electrons. The molecule has 20 heavy (non-hydrogen) atoms. The first-order chi connectivity index (χ1) is 9.58. The Kier molecular flexibility index (Phi) is 5.12. The third-order valence-corrected chi connectivity index (χ3v) is 3.82. The first-order valence-corrected chi connectivity index (χ1v) is 7.34. The molecule has 0 saturated carbocycles. The minimum absolute atomic E-state index is 0.00111. The number of rotatable bonds is 5. The second kappa shape index (κ2) is 6.84. The summed E-state index contributed by atoms with van der Waals surface area (Å²) in [5, 5.41) is 3.40. The molecule has 4 heteroatoms. The standard InChI is InChI=1S/C16H23FN2O/c1-12(2)19(11-14-7-5-9-18-14)16(20)10-13-6-3-4-8-15(13)17/h3-4,6,8,12,14,18H,5,7,9-11H2,1-2H3. The molecule has 1 fully saturated rings. The average Bonchev–Trinajstić information content (AvgIpc) is 2.91. The molecule has 1 aliphatic heterocycles. The third-order valence-electron chi connectivity index (χ3n) is 3.82. The highest BCUT2D eigenvalue weighted by Gasteiger charge is 2.24. The predicted molar refractivity (Wildman–Crippen MR) is 78.0 cm³/mol. The number of nitrogens with one attached hydrogen (secondary N) is 1. The van der Waals surface area contributed by atoms with Gasteiger partial charge in [0.1, 0.15) is 5.82 Å². The van der Waals surface area contributed by atoms with Crippen molar-refractivity contribution in [2.24, 2.45) is 0 Å². The fourth-order valence-electron chi connectivity index (χ4n) is 2.66. The van der Waals surface area contributed by atoms with Gasteiger partial charge in [0.2, 0.25) is 5.91 Å². The molecule has 1 saturated heterocycles. The summed E-state index contributed by atoms with van der Waals surface area (Å²) in [6.07, 6.45) is 2.41. The maximum absolute atomic E-state index is 13.6. The minimum atomic E-state index is -0.302. The summed E-state index contributed by atoms with van der Waals surface area (Å²) < 4.78 is 13.6. The topological polar surface area (TPSA) is 32.3 Å². The molecule has 1 amide bonds. The van der Waals surface area contributed by atoms with Crippen LogP contribution in [0.4, 0.5) is 4.39 Å². The lowest BCUT2D eigenvalue weighted by atomic mass is 10.1. The molecule has 0 bridgehead atoms. The highest BCUT2D eigenvalue weighted by atomic mass is 19.1. The molecule has 0 radical (unpaired) electrons. The van der Waals surface area contributed by atoms with Crippen LogP contribution in [0.25, 0.3) is 0 Å². The smallest absolute Gasteiger partial charge is 0.227 e. The van der Waals surface area contributed by atoms with Crippen molar-refractivity contribution in [1.82, 2.24) is 10.2 Å². The van der Waals surface area contributed by atoms with Gasteiger partial charge in [0, 0.05) is 18.6 Å². The van der Waals surface area contributed by atoms with Gasteiger partial charge in [0.15, 0.2) is 0 Å². The third kappa shape index (κ3) is 3.79. The molecule has 1 aliphatic rings. The zero-order valence-electron chi connectivity index (χ0n) is 12.2. The zero-order chi connectivity index (χ0) is 14.5. The molecule has 1 heterocycles. The molecule has 0 spiro atoms. The van der Waals surface area contributed by atoms with Crippen molar-refractivity contribution in [1.29, 1.82) is 0 Å². The fraction of sp³-hybridized carbons (Fsp3) is 0.562. The van der Waals surface area contributed by atoms with E-state index in [1.165, 1.54) is 6.07 Å². The van der Waals surface area contributed by atoms with Gasteiger partial charge in [-0.3, -0.25) is 4.79 Å². The van der Waals surface area contributed by atoms with Crippen molar-refractivity contribution in [3.8, 4) is 0 Å². The van der Waals surface area contributed by atoms with Crippen LogP contribution in [0.3, 0.4) is 0 Å². The van der Waals surface area contributed by atoms with Gasteiger partial charge in [-0.2, -0.15) is 0 Å². The number of hydrogen-bond donors (Lipinski definition) is 1. The molecule has 0 aliphatic carbocycles. The Morgan fingerprint density at radius 1 is 1.45 bits per heavy atom. The summed E-state index contributed by atoms with van der Waals surface area (Å²) in [6.45, 7) is 5.76. The van der Waals surface area contributed by atoms with Crippen LogP contribution < -0.4 is 5.32 Å². The molecule has 1 unspecified atom stereocenters. The van der Waals surface area contributed by atoms with Gasteiger partial charge in [-0.15, -0.1) is 0 Å². The Morgan fingerprint density at radius 3 is 2.80 bits per heavy atom. The highest BCUT2D eigenvalue weighted by Crippen LogP contribution is 2.13. The highest BCUT2D eigenvalue weighted by molar-refractivity contribution is 5.79. The van der Waals surface area contributed by atoms with Crippen molar-refractivity contribution in [2.45, 2.75) is 45.2 Å². The summed E-state index contributed by atoms with van der Waals surface area (Å²) >= 11 is 0. The quantitative estimate of drug-likeness (QED) is 0.896. The van der Waals surface area contributed by atoms with Crippen LogP contribution in [0, 0.1) is 5.82 Å². The van der Waals surface area contributed by atoms with E-state index in [0.717, 1.165) is 19.4 Å². The van der Waals surface area contributed by atoms with E-state index >= 15 is 0 Å². The molecule has 1 aromatic carbocycles. The lowest BCUT2D eigenvalue weighted by Gasteiger charge is -2.29. The predicted octanol–water partition coefficient (Wildman–Crippen LogP) is 2.36. The Balaban J connectivity index is 2.01. The van der Waals surface area contributed by atoms with Gasteiger partial charge in [-0.05, 0) is 44.9 Å². The van der Waals surface area contributed by atoms with Crippen LogP contribution in [-0.4, -0.2) is 36.0 Å². The van der Waals surface area contributed by atoms with E-state index in [2.05, 4.69) is 5.32 Å². The first-order valence-electron chi connectivity index (χ1n) is 7.34. The number of amides is 1. The number of benzene rings is 1. The van der Waals surface area contributed by atoms with Gasteiger partial charge in [0.05, 0.1) is 6.42 Å². The van der Waals surface area contributed by atoms with Gasteiger partial charge in [-0.1, -0.05) is 18.2 Å². The van der Waals surface area contributed by atoms with E-state index in [4.69, 9.17) is 0 Å². The summed E-state index contributed by atoms with van der Waals surface area (Å²) in [6, 6.07) is 7.01. The van der Waals surface area contributed by atoms with Gasteiger partial charge >= 0.3 is 0 Å². The lowest BCUT2D eigenvalue weighted by molar-refractivity contribution is -0.132.